The maximum Gasteiger partial charge on any atom is 0.0217 e. The molecule has 0 aliphatic heterocycles. The maximum absolute atomic E-state index is 4.63. The van der Waals surface area contributed by atoms with Gasteiger partial charge in [0.05, 0.1) is 0 Å². The second kappa shape index (κ2) is 18.7. The normalized spacial score (nSPS) is 13.0. The summed E-state index contributed by atoms with van der Waals surface area (Å²) in [7, 11) is 0. The van der Waals surface area contributed by atoms with Crippen LogP contribution in [-0.2, 0) is 0 Å². The Morgan fingerprint density at radius 3 is 1.82 bits per heavy atom. The first-order valence-corrected chi connectivity index (χ1v) is 10.1. The molecule has 131 valence electrons. The zero-order valence-corrected chi connectivity index (χ0v) is 15.8. The third-order valence-corrected chi connectivity index (χ3v) is 4.30. The van der Waals surface area contributed by atoms with Gasteiger partial charge in [-0.3, -0.25) is 0 Å². The van der Waals surface area contributed by atoms with Gasteiger partial charge in [0.1, 0.15) is 0 Å². The van der Waals surface area contributed by atoms with E-state index in [0.717, 1.165) is 6.54 Å². The lowest BCUT2D eigenvalue weighted by Gasteiger charge is -2.10. The minimum Gasteiger partial charge on any atom is -0.239 e. The van der Waals surface area contributed by atoms with Crippen molar-refractivity contribution in [3.05, 3.63) is 12.2 Å². The van der Waals surface area contributed by atoms with Crippen LogP contribution in [0.5, 0.6) is 0 Å². The van der Waals surface area contributed by atoms with E-state index < -0.39 is 0 Å². The van der Waals surface area contributed by atoms with E-state index in [9.17, 15) is 0 Å². The smallest absolute Gasteiger partial charge is 0.0217 e. The molecule has 0 aromatic rings. The molecule has 0 amide bonds. The Morgan fingerprint density at radius 2 is 1.23 bits per heavy atom. The van der Waals surface area contributed by atoms with Crippen LogP contribution < -0.4 is 5.32 Å². The molecule has 0 aliphatic carbocycles. The van der Waals surface area contributed by atoms with Gasteiger partial charge in [-0.2, -0.15) is 0 Å². The van der Waals surface area contributed by atoms with Gasteiger partial charge >= 0.3 is 0 Å². The van der Waals surface area contributed by atoms with Crippen molar-refractivity contribution in [1.82, 2.24) is 5.32 Å². The zero-order valence-electron chi connectivity index (χ0n) is 15.8. The maximum atomic E-state index is 4.63. The predicted molar refractivity (Wildman–Crippen MR) is 102 cm³/mol. The lowest BCUT2D eigenvalue weighted by Crippen LogP contribution is -2.18. The summed E-state index contributed by atoms with van der Waals surface area (Å²) in [5.74, 6) is 0. The predicted octanol–water partition coefficient (Wildman–Crippen LogP) is 7.04. The van der Waals surface area contributed by atoms with E-state index in [1.165, 1.54) is 89.9 Å². The molecule has 0 saturated carbocycles. The summed E-state index contributed by atoms with van der Waals surface area (Å²) >= 11 is 0. The Kier molecular flexibility index (Phi) is 18.5. The summed E-state index contributed by atoms with van der Waals surface area (Å²) in [6.45, 7) is 7.80. The van der Waals surface area contributed by atoms with Crippen molar-refractivity contribution < 1.29 is 0 Å². The Morgan fingerprint density at radius 1 is 0.682 bits per heavy atom. The van der Waals surface area contributed by atoms with Gasteiger partial charge in [0, 0.05) is 12.6 Å². The molecule has 0 saturated heterocycles. The van der Waals surface area contributed by atoms with E-state index in [2.05, 4.69) is 38.2 Å². The lowest BCUT2D eigenvalue weighted by atomic mass is 10.1. The Hall–Kier alpha value is -0.300. The molecule has 1 unspecified atom stereocenters. The molecule has 0 aromatic heterocycles. The van der Waals surface area contributed by atoms with E-state index in [1.54, 1.807) is 0 Å². The van der Waals surface area contributed by atoms with Crippen molar-refractivity contribution in [2.45, 2.75) is 117 Å². The Labute approximate surface area is 141 Å². The van der Waals surface area contributed by atoms with E-state index in [4.69, 9.17) is 0 Å². The minimum atomic E-state index is 0.586. The number of hydrogen-bond donors (Lipinski definition) is 0. The lowest BCUT2D eigenvalue weighted by molar-refractivity contribution is 0.470. The molecule has 1 atom stereocenters. The fraction of sp³-hybridized carbons (Fsp3) is 0.905. The SMILES string of the molecule is CCCCCCC=CCCCCCCCCC(C)[N]CCC. The summed E-state index contributed by atoms with van der Waals surface area (Å²) in [6, 6.07) is 0.586. The average Bonchev–Trinajstić information content (AvgIpc) is 2.53. The first kappa shape index (κ1) is 21.7. The van der Waals surface area contributed by atoms with Crippen molar-refractivity contribution >= 4 is 0 Å². The molecule has 0 heterocycles. The third kappa shape index (κ3) is 17.8. The molecule has 0 bridgehead atoms. The highest BCUT2D eigenvalue weighted by atomic mass is 14.9. The monoisotopic (exact) mass is 308 g/mol. The van der Waals surface area contributed by atoms with Gasteiger partial charge in [-0.25, -0.2) is 5.32 Å². The number of rotatable bonds is 17. The summed E-state index contributed by atoms with van der Waals surface area (Å²) < 4.78 is 0. The molecule has 22 heavy (non-hydrogen) atoms. The van der Waals surface area contributed by atoms with Crippen LogP contribution >= 0.6 is 0 Å². The molecule has 0 spiro atoms. The second-order valence-corrected chi connectivity index (χ2v) is 6.77. The molecule has 0 aromatic carbocycles. The van der Waals surface area contributed by atoms with Crippen molar-refractivity contribution in [1.29, 1.82) is 0 Å². The first-order valence-electron chi connectivity index (χ1n) is 10.1. The van der Waals surface area contributed by atoms with Crippen LogP contribution in [0.4, 0.5) is 0 Å². The molecular formula is C21H42N. The molecule has 1 nitrogen and oxygen atoms in total. The number of hydrogen-bond acceptors (Lipinski definition) is 0. The van der Waals surface area contributed by atoms with Gasteiger partial charge in [-0.15, -0.1) is 0 Å². The number of allylic oxidation sites excluding steroid dienone is 2. The minimum absolute atomic E-state index is 0.586. The van der Waals surface area contributed by atoms with Crippen molar-refractivity contribution in [2.24, 2.45) is 0 Å². The number of unbranched alkanes of at least 4 members (excludes halogenated alkanes) is 10. The van der Waals surface area contributed by atoms with Gasteiger partial charge in [0.15, 0.2) is 0 Å². The first-order chi connectivity index (χ1) is 10.8. The highest BCUT2D eigenvalue weighted by Crippen LogP contribution is 2.11. The van der Waals surface area contributed by atoms with Gasteiger partial charge < -0.3 is 0 Å². The van der Waals surface area contributed by atoms with Crippen LogP contribution in [0.15, 0.2) is 12.2 Å². The topological polar surface area (TPSA) is 14.1 Å². The summed E-state index contributed by atoms with van der Waals surface area (Å²) in [5, 5.41) is 4.63. The highest BCUT2D eigenvalue weighted by molar-refractivity contribution is 4.81. The molecular weight excluding hydrogens is 266 g/mol. The van der Waals surface area contributed by atoms with E-state index in [0.29, 0.717) is 6.04 Å². The summed E-state index contributed by atoms with van der Waals surface area (Å²) in [6.07, 6.45) is 23.8. The Balaban J connectivity index is 3.12. The van der Waals surface area contributed by atoms with Crippen molar-refractivity contribution in [2.75, 3.05) is 6.54 Å². The molecule has 0 aliphatic rings. The zero-order chi connectivity index (χ0) is 16.3. The Bertz CT molecular complexity index is 222. The van der Waals surface area contributed by atoms with Crippen molar-refractivity contribution in [3.63, 3.8) is 0 Å². The quantitative estimate of drug-likeness (QED) is 0.202. The summed E-state index contributed by atoms with van der Waals surface area (Å²) in [5.41, 5.74) is 0. The largest absolute Gasteiger partial charge is 0.239 e. The van der Waals surface area contributed by atoms with E-state index in [-0.39, 0.29) is 0 Å². The van der Waals surface area contributed by atoms with Crippen LogP contribution in [-0.4, -0.2) is 12.6 Å². The third-order valence-electron chi connectivity index (χ3n) is 4.30. The van der Waals surface area contributed by atoms with Gasteiger partial charge in [0.2, 0.25) is 0 Å². The molecule has 0 fully saturated rings. The fourth-order valence-corrected chi connectivity index (χ4v) is 2.77. The van der Waals surface area contributed by atoms with Crippen LogP contribution in [0.3, 0.4) is 0 Å². The number of nitrogens with zero attached hydrogens (tertiary/aromatic N) is 1. The summed E-state index contributed by atoms with van der Waals surface area (Å²) in [4.78, 5) is 0. The van der Waals surface area contributed by atoms with Crippen molar-refractivity contribution in [3.8, 4) is 0 Å². The molecule has 0 N–H and O–H groups in total. The molecule has 0 rings (SSSR count). The van der Waals surface area contributed by atoms with E-state index >= 15 is 0 Å². The highest BCUT2D eigenvalue weighted by Gasteiger charge is 2.00. The standard InChI is InChI=1S/C21H42N/c1-4-6-7-8-9-10-11-12-13-14-15-16-17-18-19-21(3)22-20-5-2/h10-11,21H,4-9,12-20H2,1-3H3. The van der Waals surface area contributed by atoms with Gasteiger partial charge in [-0.1, -0.05) is 77.4 Å². The van der Waals surface area contributed by atoms with E-state index in [1.807, 2.05) is 0 Å². The van der Waals surface area contributed by atoms with Crippen LogP contribution in [0.1, 0.15) is 111 Å². The molecule has 1 heteroatoms. The fourth-order valence-electron chi connectivity index (χ4n) is 2.77. The second-order valence-electron chi connectivity index (χ2n) is 6.77. The van der Waals surface area contributed by atoms with Crippen LogP contribution in [0, 0.1) is 0 Å². The van der Waals surface area contributed by atoms with Crippen LogP contribution in [0.25, 0.3) is 0 Å². The average molecular weight is 309 g/mol. The molecule has 1 radical (unpaired) electrons. The van der Waals surface area contributed by atoms with Gasteiger partial charge in [-0.05, 0) is 45.4 Å². The van der Waals surface area contributed by atoms with Crippen LogP contribution in [0.2, 0.25) is 0 Å². The van der Waals surface area contributed by atoms with Gasteiger partial charge in [0.25, 0.3) is 0 Å².